The lowest BCUT2D eigenvalue weighted by Crippen LogP contribution is -2.36. The maximum absolute atomic E-state index is 9.15. The summed E-state index contributed by atoms with van der Waals surface area (Å²) in [5.41, 5.74) is 2.42. The fourth-order valence-electron chi connectivity index (χ4n) is 2.48. The molecular weight excluding hydrogens is 279 g/mol. The van der Waals surface area contributed by atoms with Crippen LogP contribution in [0.4, 0.5) is 0 Å². The van der Waals surface area contributed by atoms with Gasteiger partial charge in [0.05, 0.1) is 0 Å². The standard InChI is InChI=1S/C16H13N4P/c1-4-13-9(2)14(11(5-17)6-18)10(3)16(21)15(13)12(7-19)8-20/h4,21H2,1-3H3. The van der Waals surface area contributed by atoms with E-state index in [0.29, 0.717) is 22.2 Å². The van der Waals surface area contributed by atoms with Gasteiger partial charge in [-0.15, -0.1) is 9.24 Å². The zero-order valence-corrected chi connectivity index (χ0v) is 13.2. The largest absolute Gasteiger partial charge is 0.192 e. The van der Waals surface area contributed by atoms with Gasteiger partial charge in [0.1, 0.15) is 35.4 Å². The van der Waals surface area contributed by atoms with E-state index in [1.54, 1.807) is 6.92 Å². The average Bonchev–Trinajstić information content (AvgIpc) is 2.49. The molecule has 0 N–H and O–H groups in total. The first-order chi connectivity index (χ1) is 9.98. The summed E-state index contributed by atoms with van der Waals surface area (Å²) in [5, 5.41) is 38.4. The van der Waals surface area contributed by atoms with Crippen LogP contribution in [0.2, 0.25) is 0 Å². The van der Waals surface area contributed by atoms with Crippen molar-refractivity contribution in [2.24, 2.45) is 0 Å². The van der Waals surface area contributed by atoms with Crippen molar-refractivity contribution < 1.29 is 0 Å². The monoisotopic (exact) mass is 292 g/mol. The summed E-state index contributed by atoms with van der Waals surface area (Å²) in [6.07, 6.45) is 0.604. The smallest absolute Gasteiger partial charge is 0.137 e. The predicted molar refractivity (Wildman–Crippen MR) is 83.2 cm³/mol. The summed E-state index contributed by atoms with van der Waals surface area (Å²) < 4.78 is 0. The lowest BCUT2D eigenvalue weighted by Gasteiger charge is -2.13. The molecule has 1 aromatic carbocycles. The molecule has 0 aliphatic rings. The molecule has 0 heterocycles. The first kappa shape index (κ1) is 16.4. The molecule has 4 nitrogen and oxygen atoms in total. The molecule has 0 aromatic heterocycles. The molecular formula is C16H13N4P. The molecule has 0 radical (unpaired) electrons. The van der Waals surface area contributed by atoms with Crippen LogP contribution >= 0.6 is 9.24 Å². The zero-order valence-electron chi connectivity index (χ0n) is 12.1. The van der Waals surface area contributed by atoms with E-state index in [2.05, 4.69) is 9.24 Å². The molecule has 0 saturated heterocycles. The first-order valence-corrected chi connectivity index (χ1v) is 6.82. The molecule has 1 atom stereocenters. The van der Waals surface area contributed by atoms with Crippen LogP contribution in [-0.2, 0) is 6.42 Å². The third-order valence-corrected chi connectivity index (χ3v) is 4.20. The molecule has 1 rings (SSSR count). The minimum absolute atomic E-state index is 0.0464. The predicted octanol–water partition coefficient (Wildman–Crippen LogP) is 0.762. The highest BCUT2D eigenvalue weighted by atomic mass is 31.0. The number of nitriles is 4. The van der Waals surface area contributed by atoms with Crippen molar-refractivity contribution in [3.05, 3.63) is 27.1 Å². The molecule has 0 amide bonds. The van der Waals surface area contributed by atoms with Crippen LogP contribution in [0.3, 0.4) is 0 Å². The third-order valence-electron chi connectivity index (χ3n) is 3.48. The Kier molecular flexibility index (Phi) is 5.22. The highest BCUT2D eigenvalue weighted by Gasteiger charge is 2.14. The van der Waals surface area contributed by atoms with Crippen LogP contribution in [0, 0.1) is 59.2 Å². The van der Waals surface area contributed by atoms with Gasteiger partial charge in [-0.3, -0.25) is 0 Å². The molecule has 0 bridgehead atoms. The van der Waals surface area contributed by atoms with Crippen molar-refractivity contribution in [1.82, 2.24) is 0 Å². The van der Waals surface area contributed by atoms with Gasteiger partial charge >= 0.3 is 0 Å². The van der Waals surface area contributed by atoms with Gasteiger partial charge < -0.3 is 0 Å². The van der Waals surface area contributed by atoms with E-state index in [1.165, 1.54) is 0 Å². The summed E-state index contributed by atoms with van der Waals surface area (Å²) in [4.78, 5) is 0. The molecule has 1 aromatic rings. The molecule has 1 unspecified atom stereocenters. The van der Waals surface area contributed by atoms with Crippen molar-refractivity contribution in [3.8, 4) is 24.3 Å². The van der Waals surface area contributed by atoms with Crippen molar-refractivity contribution in [3.63, 3.8) is 0 Å². The molecule has 0 fully saturated rings. The van der Waals surface area contributed by atoms with Crippen LogP contribution in [-0.4, -0.2) is 0 Å². The van der Waals surface area contributed by atoms with Crippen LogP contribution < -0.4 is 15.7 Å². The highest BCUT2D eigenvalue weighted by Crippen LogP contribution is 2.06. The van der Waals surface area contributed by atoms with Crippen molar-refractivity contribution >= 4 is 25.7 Å². The molecule has 0 saturated carbocycles. The molecule has 21 heavy (non-hydrogen) atoms. The van der Waals surface area contributed by atoms with Gasteiger partial charge in [0.2, 0.25) is 0 Å². The van der Waals surface area contributed by atoms with Gasteiger partial charge in [-0.1, -0.05) is 6.92 Å². The topological polar surface area (TPSA) is 95.2 Å². The van der Waals surface area contributed by atoms with Crippen molar-refractivity contribution in [2.45, 2.75) is 27.2 Å². The Labute approximate surface area is 126 Å². The lowest BCUT2D eigenvalue weighted by molar-refractivity contribution is 1.08. The Hall–Kier alpha value is -2.65. The average molecular weight is 292 g/mol. The van der Waals surface area contributed by atoms with E-state index in [0.717, 1.165) is 16.7 Å². The fourth-order valence-corrected chi connectivity index (χ4v) is 2.94. The first-order valence-electron chi connectivity index (χ1n) is 6.24. The summed E-state index contributed by atoms with van der Waals surface area (Å²) in [6.45, 7) is 5.52. The molecule has 0 aliphatic carbocycles. The second-order valence-electron chi connectivity index (χ2n) is 4.44. The van der Waals surface area contributed by atoms with Crippen molar-refractivity contribution in [2.75, 3.05) is 0 Å². The number of nitrogens with zero attached hydrogens (tertiary/aromatic N) is 4. The molecule has 5 heteroatoms. The van der Waals surface area contributed by atoms with E-state index in [4.69, 9.17) is 21.0 Å². The van der Waals surface area contributed by atoms with E-state index >= 15 is 0 Å². The number of rotatable bonds is 1. The molecule has 102 valence electrons. The minimum atomic E-state index is 0.0464. The second-order valence-corrected chi connectivity index (χ2v) is 5.02. The second kappa shape index (κ2) is 6.68. The maximum atomic E-state index is 9.15. The van der Waals surface area contributed by atoms with E-state index in [9.17, 15) is 0 Å². The summed E-state index contributed by atoms with van der Waals surface area (Å²) in [6, 6.07) is 7.67. The third kappa shape index (κ3) is 2.64. The van der Waals surface area contributed by atoms with Gasteiger partial charge in [-0.25, -0.2) is 0 Å². The van der Waals surface area contributed by atoms with Crippen LogP contribution in [0.25, 0.3) is 11.1 Å². The maximum Gasteiger partial charge on any atom is 0.137 e. The van der Waals surface area contributed by atoms with Gasteiger partial charge in [-0.05, 0) is 42.3 Å². The van der Waals surface area contributed by atoms with Gasteiger partial charge in [-0.2, -0.15) is 21.0 Å². The Morgan fingerprint density at radius 1 is 0.857 bits per heavy atom. The summed E-state index contributed by atoms with van der Waals surface area (Å²) >= 11 is 0. The SMILES string of the molecule is CCc1c(C)c(=C(C#N)C#N)c(C)c(P)c1=C(C#N)C#N. The number of benzene rings is 1. The normalized spacial score (nSPS) is 8.95. The summed E-state index contributed by atoms with van der Waals surface area (Å²) in [7, 11) is 2.52. The quantitative estimate of drug-likeness (QED) is 0.714. The van der Waals surface area contributed by atoms with Gasteiger partial charge in [0.15, 0.2) is 0 Å². The fraction of sp³-hybridized carbons (Fsp3) is 0.250. The van der Waals surface area contributed by atoms with Crippen LogP contribution in [0.15, 0.2) is 0 Å². The van der Waals surface area contributed by atoms with E-state index in [-0.39, 0.29) is 11.1 Å². The Bertz CT molecular complexity index is 865. The van der Waals surface area contributed by atoms with Crippen molar-refractivity contribution in [1.29, 1.82) is 21.0 Å². The Morgan fingerprint density at radius 3 is 1.67 bits per heavy atom. The number of hydrogen-bond acceptors (Lipinski definition) is 4. The van der Waals surface area contributed by atoms with E-state index in [1.807, 2.05) is 38.1 Å². The Morgan fingerprint density at radius 2 is 1.29 bits per heavy atom. The van der Waals surface area contributed by atoms with E-state index < -0.39 is 0 Å². The van der Waals surface area contributed by atoms with Crippen LogP contribution in [0.1, 0.15) is 23.6 Å². The minimum Gasteiger partial charge on any atom is -0.192 e. The van der Waals surface area contributed by atoms with Gasteiger partial charge in [0, 0.05) is 10.4 Å². The highest BCUT2D eigenvalue weighted by molar-refractivity contribution is 7.27. The zero-order chi connectivity index (χ0) is 16.2. The molecule has 0 aliphatic heterocycles. The molecule has 0 spiro atoms. The summed E-state index contributed by atoms with van der Waals surface area (Å²) in [5.74, 6) is 0. The number of hydrogen-bond donors (Lipinski definition) is 0. The van der Waals surface area contributed by atoms with Gasteiger partial charge in [0.25, 0.3) is 0 Å². The van der Waals surface area contributed by atoms with Crippen LogP contribution in [0.5, 0.6) is 0 Å². The lowest BCUT2D eigenvalue weighted by atomic mass is 9.93. The Balaban J connectivity index is 4.40.